The second kappa shape index (κ2) is 11.3. The molecule has 0 fully saturated rings. The lowest BCUT2D eigenvalue weighted by atomic mass is 10.0. The fraction of sp³-hybridized carbons (Fsp3) is 0.214. The highest BCUT2D eigenvalue weighted by Crippen LogP contribution is 2.35. The van der Waals surface area contributed by atoms with E-state index >= 15 is 0 Å². The van der Waals surface area contributed by atoms with Crippen molar-refractivity contribution in [1.29, 1.82) is 0 Å². The first-order valence-corrected chi connectivity index (χ1v) is 12.6. The Morgan fingerprint density at radius 2 is 1.93 bits per heavy atom. The maximum Gasteiger partial charge on any atom is 0.573 e. The molecule has 1 aliphatic heterocycles. The van der Waals surface area contributed by atoms with E-state index in [9.17, 15) is 26.7 Å². The van der Waals surface area contributed by atoms with Gasteiger partial charge in [-0.3, -0.25) is 9.47 Å². The number of hydrogen-bond donors (Lipinski definition) is 1. The molecule has 1 amide bonds. The maximum absolute atomic E-state index is 13.5. The highest BCUT2D eigenvalue weighted by molar-refractivity contribution is 6.29. The second-order valence-electron chi connectivity index (χ2n) is 9.19. The minimum Gasteiger partial charge on any atom is -0.406 e. The van der Waals surface area contributed by atoms with Crippen LogP contribution in [0, 0.1) is 11.6 Å². The van der Waals surface area contributed by atoms with Crippen molar-refractivity contribution in [3.8, 4) is 5.75 Å². The summed E-state index contributed by atoms with van der Waals surface area (Å²) in [5.74, 6) is -2.26. The van der Waals surface area contributed by atoms with E-state index in [0.29, 0.717) is 53.8 Å². The largest absolute Gasteiger partial charge is 0.573 e. The van der Waals surface area contributed by atoms with E-state index in [1.54, 1.807) is 24.3 Å². The SMILES string of the molecule is O=C(NCc1ccnc(Cl)c1)n1c2c(c3cc(OC(F)(F)F)ccc31)CN(C/C=C/c1ccc(F)c(F)c1)CC2. The van der Waals surface area contributed by atoms with Crippen molar-refractivity contribution < 1.29 is 31.5 Å². The van der Waals surface area contributed by atoms with Crippen LogP contribution in [0.5, 0.6) is 5.75 Å². The molecule has 0 bridgehead atoms. The van der Waals surface area contributed by atoms with Crippen LogP contribution in [0.2, 0.25) is 5.15 Å². The van der Waals surface area contributed by atoms with Gasteiger partial charge < -0.3 is 10.1 Å². The molecular weight excluding hydrogens is 555 g/mol. The zero-order valence-electron chi connectivity index (χ0n) is 20.8. The number of nitrogens with zero attached hydrogens (tertiary/aromatic N) is 3. The Hall–Kier alpha value is -3.96. The van der Waals surface area contributed by atoms with E-state index in [2.05, 4.69) is 15.0 Å². The number of amides is 1. The molecule has 40 heavy (non-hydrogen) atoms. The Kier molecular flexibility index (Phi) is 7.77. The van der Waals surface area contributed by atoms with Crippen LogP contribution in [0.3, 0.4) is 0 Å². The van der Waals surface area contributed by atoms with Gasteiger partial charge in [0.25, 0.3) is 0 Å². The third-order valence-corrected chi connectivity index (χ3v) is 6.69. The van der Waals surface area contributed by atoms with Crippen LogP contribution in [0.25, 0.3) is 17.0 Å². The summed E-state index contributed by atoms with van der Waals surface area (Å²) in [7, 11) is 0. The van der Waals surface area contributed by atoms with Crippen LogP contribution in [0.15, 0.2) is 60.8 Å². The minimum atomic E-state index is -4.86. The van der Waals surface area contributed by atoms with Crippen LogP contribution in [0.4, 0.5) is 26.7 Å². The number of benzene rings is 2. The summed E-state index contributed by atoms with van der Waals surface area (Å²) >= 11 is 5.93. The Morgan fingerprint density at radius 1 is 1.10 bits per heavy atom. The fourth-order valence-corrected chi connectivity index (χ4v) is 4.94. The highest BCUT2D eigenvalue weighted by atomic mass is 35.5. The Morgan fingerprint density at radius 3 is 2.67 bits per heavy atom. The number of fused-ring (bicyclic) bond motifs is 3. The first kappa shape index (κ1) is 27.6. The Labute approximate surface area is 230 Å². The molecule has 6 nitrogen and oxygen atoms in total. The molecule has 4 aromatic rings. The van der Waals surface area contributed by atoms with E-state index in [1.165, 1.54) is 35.0 Å². The van der Waals surface area contributed by atoms with Gasteiger partial charge in [-0.05, 0) is 59.2 Å². The number of carbonyl (C=O) groups is 1. The molecule has 1 N–H and O–H groups in total. The standard InChI is InChI=1S/C28H22ClF5N4O2/c29-26-13-18(7-9-35-26)15-36-27(39)38-24-6-4-19(40-28(32,33)34)14-20(24)21-16-37(11-8-25(21)38)10-1-2-17-3-5-22(30)23(31)12-17/h1-7,9,12-14H,8,10-11,15-16H2,(H,36,39)/b2-1+. The van der Waals surface area contributed by atoms with Gasteiger partial charge in [0.15, 0.2) is 11.6 Å². The van der Waals surface area contributed by atoms with Crippen molar-refractivity contribution in [2.24, 2.45) is 0 Å². The summed E-state index contributed by atoms with van der Waals surface area (Å²) in [5.41, 5.74) is 3.07. The summed E-state index contributed by atoms with van der Waals surface area (Å²) < 4.78 is 71.1. The molecule has 2 aromatic carbocycles. The number of alkyl halides is 3. The lowest BCUT2D eigenvalue weighted by Crippen LogP contribution is -2.34. The van der Waals surface area contributed by atoms with Crippen molar-refractivity contribution in [3.63, 3.8) is 0 Å². The Balaban J connectivity index is 1.42. The number of rotatable bonds is 6. The zero-order chi connectivity index (χ0) is 28.4. The van der Waals surface area contributed by atoms with Crippen molar-refractivity contribution >= 4 is 34.6 Å². The number of aromatic nitrogens is 2. The van der Waals surface area contributed by atoms with E-state index < -0.39 is 24.0 Å². The number of pyridine rings is 1. The molecule has 1 aliphatic rings. The fourth-order valence-electron chi connectivity index (χ4n) is 4.74. The monoisotopic (exact) mass is 576 g/mol. The van der Waals surface area contributed by atoms with E-state index in [4.69, 9.17) is 11.6 Å². The van der Waals surface area contributed by atoms with Crippen molar-refractivity contribution in [2.45, 2.75) is 25.9 Å². The van der Waals surface area contributed by atoms with Crippen molar-refractivity contribution in [2.75, 3.05) is 13.1 Å². The molecule has 0 unspecified atom stereocenters. The van der Waals surface area contributed by atoms with E-state index in [-0.39, 0.29) is 17.4 Å². The smallest absolute Gasteiger partial charge is 0.406 e. The third-order valence-electron chi connectivity index (χ3n) is 6.49. The van der Waals surface area contributed by atoms with Crippen LogP contribution in [0.1, 0.15) is 22.4 Å². The minimum absolute atomic E-state index is 0.172. The second-order valence-corrected chi connectivity index (χ2v) is 9.58. The molecule has 0 radical (unpaired) electrons. The van der Waals surface area contributed by atoms with Crippen molar-refractivity contribution in [1.82, 2.24) is 19.8 Å². The summed E-state index contributed by atoms with van der Waals surface area (Å²) in [4.78, 5) is 19.3. The molecule has 0 saturated carbocycles. The van der Waals surface area contributed by atoms with Gasteiger partial charge >= 0.3 is 12.4 Å². The normalized spacial score (nSPS) is 14.1. The number of hydrogen-bond acceptors (Lipinski definition) is 4. The molecular formula is C28H22ClF5N4O2. The summed E-state index contributed by atoms with van der Waals surface area (Å²) in [6, 6.07) is 10.4. The molecule has 2 aromatic heterocycles. The van der Waals surface area contributed by atoms with E-state index in [1.807, 2.05) is 4.90 Å². The summed E-state index contributed by atoms with van der Waals surface area (Å²) in [6.45, 7) is 1.53. The first-order chi connectivity index (χ1) is 19.1. The number of carbonyl (C=O) groups excluding carboxylic acids is 1. The molecule has 0 spiro atoms. The average Bonchev–Trinajstić information content (AvgIpc) is 3.21. The van der Waals surface area contributed by atoms with Gasteiger partial charge in [0.1, 0.15) is 10.9 Å². The highest BCUT2D eigenvalue weighted by Gasteiger charge is 2.32. The molecule has 3 heterocycles. The quantitative estimate of drug-likeness (QED) is 0.205. The summed E-state index contributed by atoms with van der Waals surface area (Å²) in [5, 5.41) is 3.59. The van der Waals surface area contributed by atoms with Gasteiger partial charge in [-0.15, -0.1) is 13.2 Å². The van der Waals surface area contributed by atoms with Gasteiger partial charge in [-0.1, -0.05) is 29.8 Å². The first-order valence-electron chi connectivity index (χ1n) is 12.2. The van der Waals surface area contributed by atoms with Crippen LogP contribution in [-0.2, 0) is 19.5 Å². The van der Waals surface area contributed by atoms with Gasteiger partial charge in [0, 0.05) is 49.9 Å². The predicted octanol–water partition coefficient (Wildman–Crippen LogP) is 6.70. The predicted molar refractivity (Wildman–Crippen MR) is 140 cm³/mol. The van der Waals surface area contributed by atoms with E-state index in [0.717, 1.165) is 17.7 Å². The number of ether oxygens (including phenoxy) is 1. The Bertz CT molecular complexity index is 1600. The molecule has 0 aliphatic carbocycles. The summed E-state index contributed by atoms with van der Waals surface area (Å²) in [6.07, 6.45) is 0.564. The lowest BCUT2D eigenvalue weighted by molar-refractivity contribution is -0.274. The van der Waals surface area contributed by atoms with Crippen LogP contribution >= 0.6 is 11.6 Å². The van der Waals surface area contributed by atoms with Gasteiger partial charge in [-0.25, -0.2) is 18.6 Å². The van der Waals surface area contributed by atoms with Crippen LogP contribution in [-0.4, -0.2) is 39.9 Å². The molecule has 0 atom stereocenters. The van der Waals surface area contributed by atoms with Crippen molar-refractivity contribution in [3.05, 3.63) is 100.0 Å². The topological polar surface area (TPSA) is 59.4 Å². The van der Waals surface area contributed by atoms with Gasteiger partial charge in [-0.2, -0.15) is 0 Å². The molecule has 12 heteroatoms. The van der Waals surface area contributed by atoms with Gasteiger partial charge in [0.05, 0.1) is 5.52 Å². The molecule has 0 saturated heterocycles. The third kappa shape index (κ3) is 6.26. The zero-order valence-corrected chi connectivity index (χ0v) is 21.6. The van der Waals surface area contributed by atoms with Crippen LogP contribution < -0.4 is 10.1 Å². The lowest BCUT2D eigenvalue weighted by Gasteiger charge is -2.27. The maximum atomic E-state index is 13.5. The van der Waals surface area contributed by atoms with Gasteiger partial charge in [0.2, 0.25) is 0 Å². The number of nitrogens with one attached hydrogen (secondary N) is 1. The number of halogens is 6. The molecule has 5 rings (SSSR count). The molecule has 208 valence electrons. The average molecular weight is 577 g/mol.